The van der Waals surface area contributed by atoms with Gasteiger partial charge in [0, 0.05) is 5.56 Å². The third-order valence-corrected chi connectivity index (χ3v) is 4.94. The molecule has 29 heavy (non-hydrogen) atoms. The quantitative estimate of drug-likeness (QED) is 0.485. The molecule has 3 heterocycles. The predicted octanol–water partition coefficient (Wildman–Crippen LogP) is 4.51. The van der Waals surface area contributed by atoms with Crippen molar-refractivity contribution in [3.05, 3.63) is 75.9 Å². The van der Waals surface area contributed by atoms with Crippen LogP contribution < -0.4 is 5.32 Å². The molecule has 0 spiro atoms. The van der Waals surface area contributed by atoms with Gasteiger partial charge in [-0.2, -0.15) is 0 Å². The third-order valence-electron chi connectivity index (χ3n) is 4.20. The molecule has 0 aliphatic carbocycles. The summed E-state index contributed by atoms with van der Waals surface area (Å²) in [4.78, 5) is 37.8. The molecule has 1 fully saturated rings. The van der Waals surface area contributed by atoms with E-state index in [9.17, 15) is 14.4 Å². The Bertz CT molecular complexity index is 1150. The van der Waals surface area contributed by atoms with E-state index < -0.39 is 17.8 Å². The number of rotatable bonds is 4. The van der Waals surface area contributed by atoms with E-state index in [2.05, 4.69) is 5.32 Å². The van der Waals surface area contributed by atoms with Gasteiger partial charge in [0.05, 0.1) is 22.9 Å². The Morgan fingerprint density at radius 3 is 2.59 bits per heavy atom. The van der Waals surface area contributed by atoms with Gasteiger partial charge in [-0.15, -0.1) is 0 Å². The fourth-order valence-electron chi connectivity index (χ4n) is 2.77. The zero-order chi connectivity index (χ0) is 20.5. The predicted molar refractivity (Wildman–Crippen MR) is 105 cm³/mol. The number of nitrogens with one attached hydrogen (secondary N) is 1. The Morgan fingerprint density at radius 2 is 1.86 bits per heavy atom. The lowest BCUT2D eigenvalue weighted by molar-refractivity contribution is -0.130. The zero-order valence-corrected chi connectivity index (χ0v) is 16.2. The fourth-order valence-corrected chi connectivity index (χ4v) is 3.07. The van der Waals surface area contributed by atoms with Gasteiger partial charge in [-0.25, -0.2) is 4.79 Å². The summed E-state index contributed by atoms with van der Waals surface area (Å²) < 4.78 is 10.9. The van der Waals surface area contributed by atoms with Crippen molar-refractivity contribution in [1.82, 2.24) is 10.2 Å². The standard InChI is InChI=1S/C20H12Cl2N2O5/c21-15-5-3-11(8-16(15)22)17-6-4-12(29-17)9-14-18(25)23-20(27)24(19(14)26)10-13-2-1-7-28-13/h1-9H,10H2,(H,23,25,27)/b14-9-. The molecule has 146 valence electrons. The van der Waals surface area contributed by atoms with E-state index >= 15 is 0 Å². The van der Waals surface area contributed by atoms with Crippen molar-refractivity contribution < 1.29 is 23.2 Å². The number of hydrogen-bond acceptors (Lipinski definition) is 5. The van der Waals surface area contributed by atoms with Crippen LogP contribution in [0.2, 0.25) is 10.0 Å². The van der Waals surface area contributed by atoms with Crippen LogP contribution in [0, 0.1) is 0 Å². The summed E-state index contributed by atoms with van der Waals surface area (Å²) in [6.07, 6.45) is 2.71. The molecular weight excluding hydrogens is 419 g/mol. The molecule has 0 unspecified atom stereocenters. The number of hydrogen-bond donors (Lipinski definition) is 1. The van der Waals surface area contributed by atoms with Crippen LogP contribution in [-0.4, -0.2) is 22.7 Å². The van der Waals surface area contributed by atoms with Crippen molar-refractivity contribution in [2.24, 2.45) is 0 Å². The Hall–Kier alpha value is -3.29. The third kappa shape index (κ3) is 3.83. The maximum Gasteiger partial charge on any atom is 0.331 e. The second-order valence-corrected chi connectivity index (χ2v) is 6.93. The van der Waals surface area contributed by atoms with Crippen molar-refractivity contribution in [2.45, 2.75) is 6.54 Å². The number of carbonyl (C=O) groups is 3. The maximum atomic E-state index is 12.7. The van der Waals surface area contributed by atoms with Crippen LogP contribution >= 0.6 is 23.2 Å². The van der Waals surface area contributed by atoms with E-state index in [0.29, 0.717) is 27.1 Å². The summed E-state index contributed by atoms with van der Waals surface area (Å²) in [5.41, 5.74) is 0.448. The zero-order valence-electron chi connectivity index (χ0n) is 14.6. The number of nitrogens with zero attached hydrogens (tertiary/aromatic N) is 1. The highest BCUT2D eigenvalue weighted by Crippen LogP contribution is 2.30. The van der Waals surface area contributed by atoms with Crippen LogP contribution in [0.4, 0.5) is 4.79 Å². The maximum absolute atomic E-state index is 12.7. The Kier molecular flexibility index (Phi) is 5.00. The summed E-state index contributed by atoms with van der Waals surface area (Å²) in [7, 11) is 0. The Morgan fingerprint density at radius 1 is 1.03 bits per heavy atom. The molecule has 2 aromatic heterocycles. The number of furan rings is 2. The molecule has 9 heteroatoms. The minimum Gasteiger partial charge on any atom is -0.467 e. The summed E-state index contributed by atoms with van der Waals surface area (Å²) in [6, 6.07) is 10.7. The Balaban J connectivity index is 1.61. The second kappa shape index (κ2) is 7.62. The van der Waals surface area contributed by atoms with Crippen molar-refractivity contribution >= 4 is 47.1 Å². The summed E-state index contributed by atoms with van der Waals surface area (Å²) in [5, 5.41) is 2.92. The van der Waals surface area contributed by atoms with Gasteiger partial charge in [0.25, 0.3) is 11.8 Å². The smallest absolute Gasteiger partial charge is 0.331 e. The van der Waals surface area contributed by atoms with Crippen LogP contribution in [0.1, 0.15) is 11.5 Å². The first-order valence-corrected chi connectivity index (χ1v) is 9.14. The van der Waals surface area contributed by atoms with Crippen LogP contribution in [0.25, 0.3) is 17.4 Å². The molecule has 4 amide bonds. The van der Waals surface area contributed by atoms with Crippen molar-refractivity contribution in [2.75, 3.05) is 0 Å². The molecule has 1 saturated heterocycles. The number of halogens is 2. The van der Waals surface area contributed by atoms with E-state index in [1.54, 1.807) is 42.5 Å². The van der Waals surface area contributed by atoms with Crippen LogP contribution in [-0.2, 0) is 16.1 Å². The molecule has 0 bridgehead atoms. The topological polar surface area (TPSA) is 92.8 Å². The molecule has 0 atom stereocenters. The highest BCUT2D eigenvalue weighted by atomic mass is 35.5. The lowest BCUT2D eigenvalue weighted by Gasteiger charge is -2.25. The minimum atomic E-state index is -0.815. The molecule has 1 N–H and O–H groups in total. The first-order valence-electron chi connectivity index (χ1n) is 8.39. The first-order chi connectivity index (χ1) is 13.9. The van der Waals surface area contributed by atoms with Gasteiger partial charge in [-0.1, -0.05) is 23.2 Å². The average Bonchev–Trinajstić information content (AvgIpc) is 3.36. The number of barbiturate groups is 1. The van der Waals surface area contributed by atoms with Crippen molar-refractivity contribution in [1.29, 1.82) is 0 Å². The number of urea groups is 1. The lowest BCUT2D eigenvalue weighted by atomic mass is 10.1. The van der Waals surface area contributed by atoms with E-state index in [1.807, 2.05) is 0 Å². The highest BCUT2D eigenvalue weighted by molar-refractivity contribution is 6.42. The van der Waals surface area contributed by atoms with E-state index in [0.717, 1.165) is 4.90 Å². The van der Waals surface area contributed by atoms with Gasteiger partial charge in [-0.3, -0.25) is 19.8 Å². The molecule has 4 rings (SSSR count). The highest BCUT2D eigenvalue weighted by Gasteiger charge is 2.36. The minimum absolute atomic E-state index is 0.102. The molecule has 1 aliphatic rings. The number of benzene rings is 1. The van der Waals surface area contributed by atoms with Gasteiger partial charge >= 0.3 is 6.03 Å². The molecule has 1 aromatic carbocycles. The number of carbonyl (C=O) groups excluding carboxylic acids is 3. The fraction of sp³-hybridized carbons (Fsp3) is 0.0500. The number of imide groups is 2. The SMILES string of the molecule is O=C1NC(=O)N(Cc2ccco2)C(=O)/C1=C\c1ccc(-c2ccc(Cl)c(Cl)c2)o1. The lowest BCUT2D eigenvalue weighted by Crippen LogP contribution is -2.53. The molecule has 0 saturated carbocycles. The number of amides is 4. The van der Waals surface area contributed by atoms with E-state index in [1.165, 1.54) is 12.3 Å². The van der Waals surface area contributed by atoms with Gasteiger partial charge in [-0.05, 0) is 48.5 Å². The molecule has 1 aliphatic heterocycles. The van der Waals surface area contributed by atoms with Crippen LogP contribution in [0.3, 0.4) is 0 Å². The summed E-state index contributed by atoms with van der Waals surface area (Å²) in [6.45, 7) is -0.102. The molecular formula is C20H12Cl2N2O5. The summed E-state index contributed by atoms with van der Waals surface area (Å²) in [5.74, 6) is -0.410. The monoisotopic (exact) mass is 430 g/mol. The Labute approximate surface area is 174 Å². The summed E-state index contributed by atoms with van der Waals surface area (Å²) >= 11 is 11.9. The van der Waals surface area contributed by atoms with Crippen molar-refractivity contribution in [3.8, 4) is 11.3 Å². The van der Waals surface area contributed by atoms with Crippen molar-refractivity contribution in [3.63, 3.8) is 0 Å². The van der Waals surface area contributed by atoms with Gasteiger partial charge in [0.15, 0.2) is 0 Å². The van der Waals surface area contributed by atoms with Gasteiger partial charge in [0.2, 0.25) is 0 Å². The normalized spacial score (nSPS) is 15.9. The average molecular weight is 431 g/mol. The molecule has 3 aromatic rings. The van der Waals surface area contributed by atoms with E-state index in [4.69, 9.17) is 32.0 Å². The second-order valence-electron chi connectivity index (χ2n) is 6.12. The van der Waals surface area contributed by atoms with Gasteiger partial charge < -0.3 is 8.83 Å². The first kappa shape index (κ1) is 19.0. The molecule has 0 radical (unpaired) electrons. The largest absolute Gasteiger partial charge is 0.467 e. The van der Waals surface area contributed by atoms with Gasteiger partial charge in [0.1, 0.15) is 22.9 Å². The molecule has 7 nitrogen and oxygen atoms in total. The van der Waals surface area contributed by atoms with Crippen LogP contribution in [0.5, 0.6) is 0 Å². The van der Waals surface area contributed by atoms with Crippen LogP contribution in [0.15, 0.2) is 63.1 Å². The van der Waals surface area contributed by atoms with E-state index in [-0.39, 0.29) is 17.9 Å².